The molecular formula is C27H27F3N2O2. The van der Waals surface area contributed by atoms with E-state index in [-0.39, 0.29) is 30.7 Å². The Morgan fingerprint density at radius 2 is 1.74 bits per heavy atom. The third-order valence-corrected chi connectivity index (χ3v) is 6.22. The molecule has 34 heavy (non-hydrogen) atoms. The standard InChI is InChI=1S/C27H27F3N2O2/c1-3-16-7-8-20-22(11-16)27(21-5-4-6-23(30)26(20)21)31-14-25(34)24(32-15(2)33)12-17-9-18(28)13-19(29)10-17/h4-11,13,24-25,27,31,34H,3,12,14H2,1-2H3,(H,32,33)/t24-,25+,27?/m0/s1. The molecule has 0 aliphatic heterocycles. The van der Waals surface area contributed by atoms with Crippen LogP contribution in [0.2, 0.25) is 0 Å². The number of amides is 1. The van der Waals surface area contributed by atoms with E-state index in [0.29, 0.717) is 11.1 Å². The minimum Gasteiger partial charge on any atom is -0.390 e. The zero-order valence-electron chi connectivity index (χ0n) is 19.0. The first-order valence-corrected chi connectivity index (χ1v) is 11.3. The van der Waals surface area contributed by atoms with Crippen molar-refractivity contribution in [2.75, 3.05) is 6.54 Å². The number of aliphatic hydroxyl groups excluding tert-OH is 1. The smallest absolute Gasteiger partial charge is 0.217 e. The molecular weight excluding hydrogens is 441 g/mol. The lowest BCUT2D eigenvalue weighted by atomic mass is 9.99. The molecule has 1 amide bonds. The first-order chi connectivity index (χ1) is 16.3. The highest BCUT2D eigenvalue weighted by molar-refractivity contribution is 5.79. The maximum Gasteiger partial charge on any atom is 0.217 e. The summed E-state index contributed by atoms with van der Waals surface area (Å²) in [5, 5.41) is 16.9. The highest BCUT2D eigenvalue weighted by Crippen LogP contribution is 2.45. The summed E-state index contributed by atoms with van der Waals surface area (Å²) in [6.45, 7) is 3.43. The number of rotatable bonds is 8. The summed E-state index contributed by atoms with van der Waals surface area (Å²) in [5.74, 6) is -2.13. The molecule has 3 aromatic rings. The highest BCUT2D eigenvalue weighted by atomic mass is 19.1. The van der Waals surface area contributed by atoms with Gasteiger partial charge in [0, 0.05) is 25.1 Å². The van der Waals surface area contributed by atoms with E-state index in [4.69, 9.17) is 0 Å². The molecule has 4 rings (SSSR count). The molecule has 0 heterocycles. The van der Waals surface area contributed by atoms with Crippen molar-refractivity contribution in [1.82, 2.24) is 10.6 Å². The molecule has 1 unspecified atom stereocenters. The predicted molar refractivity (Wildman–Crippen MR) is 125 cm³/mol. The number of hydrogen-bond donors (Lipinski definition) is 3. The van der Waals surface area contributed by atoms with Gasteiger partial charge in [0.2, 0.25) is 5.91 Å². The third-order valence-electron chi connectivity index (χ3n) is 6.22. The quantitative estimate of drug-likeness (QED) is 0.458. The molecule has 7 heteroatoms. The van der Waals surface area contributed by atoms with Crippen LogP contribution in [0.4, 0.5) is 13.2 Å². The number of hydrogen-bond acceptors (Lipinski definition) is 3. The zero-order chi connectivity index (χ0) is 24.4. The topological polar surface area (TPSA) is 61.4 Å². The van der Waals surface area contributed by atoms with Crippen molar-refractivity contribution in [2.45, 2.75) is 44.9 Å². The van der Waals surface area contributed by atoms with Crippen molar-refractivity contribution in [3.63, 3.8) is 0 Å². The number of carbonyl (C=O) groups excluding carboxylic acids is 1. The van der Waals surface area contributed by atoms with Crippen LogP contribution in [0.5, 0.6) is 0 Å². The van der Waals surface area contributed by atoms with Gasteiger partial charge in [-0.1, -0.05) is 37.3 Å². The maximum absolute atomic E-state index is 14.7. The van der Waals surface area contributed by atoms with Gasteiger partial charge in [-0.2, -0.15) is 0 Å². The molecule has 0 saturated heterocycles. The van der Waals surface area contributed by atoms with Crippen LogP contribution in [-0.4, -0.2) is 29.7 Å². The lowest BCUT2D eigenvalue weighted by molar-refractivity contribution is -0.120. The van der Waals surface area contributed by atoms with E-state index in [1.165, 1.54) is 25.1 Å². The van der Waals surface area contributed by atoms with Crippen molar-refractivity contribution in [3.8, 4) is 11.1 Å². The second-order valence-corrected chi connectivity index (χ2v) is 8.68. The fourth-order valence-corrected chi connectivity index (χ4v) is 4.66. The van der Waals surface area contributed by atoms with Gasteiger partial charge in [0.1, 0.15) is 17.5 Å². The van der Waals surface area contributed by atoms with Gasteiger partial charge in [-0.05, 0) is 58.9 Å². The van der Waals surface area contributed by atoms with Crippen LogP contribution in [-0.2, 0) is 17.6 Å². The summed E-state index contributed by atoms with van der Waals surface area (Å²) in [6.07, 6.45) is -0.189. The average molecular weight is 469 g/mol. The van der Waals surface area contributed by atoms with E-state index in [2.05, 4.69) is 10.6 Å². The van der Waals surface area contributed by atoms with Gasteiger partial charge >= 0.3 is 0 Å². The number of aryl methyl sites for hydroxylation is 1. The third kappa shape index (κ3) is 5.00. The fraction of sp³-hybridized carbons (Fsp3) is 0.296. The van der Waals surface area contributed by atoms with Crippen LogP contribution in [0.15, 0.2) is 54.6 Å². The van der Waals surface area contributed by atoms with Crippen LogP contribution in [0.25, 0.3) is 11.1 Å². The summed E-state index contributed by atoms with van der Waals surface area (Å²) < 4.78 is 42.0. The molecule has 0 aromatic heterocycles. The van der Waals surface area contributed by atoms with E-state index < -0.39 is 23.8 Å². The Bertz CT molecular complexity index is 1190. The summed E-state index contributed by atoms with van der Waals surface area (Å²) in [5.41, 5.74) is 4.49. The van der Waals surface area contributed by atoms with Crippen molar-refractivity contribution < 1.29 is 23.1 Å². The fourth-order valence-electron chi connectivity index (χ4n) is 4.66. The van der Waals surface area contributed by atoms with E-state index in [1.807, 2.05) is 31.2 Å². The SMILES string of the molecule is CCc1ccc2c(c1)C(NC[C@@H](O)[C@H](Cc1cc(F)cc(F)c1)NC(C)=O)c1cccc(F)c1-2. The Morgan fingerprint density at radius 1 is 1.00 bits per heavy atom. The van der Waals surface area contributed by atoms with E-state index in [9.17, 15) is 23.1 Å². The lowest BCUT2D eigenvalue weighted by Gasteiger charge is -2.26. The Morgan fingerprint density at radius 3 is 2.41 bits per heavy atom. The molecule has 3 atom stereocenters. The normalized spacial score (nSPS) is 16.0. The number of halogens is 3. The number of aliphatic hydroxyl groups is 1. The van der Waals surface area contributed by atoms with Crippen LogP contribution in [0, 0.1) is 17.5 Å². The van der Waals surface area contributed by atoms with Gasteiger partial charge < -0.3 is 15.7 Å². The number of fused-ring (bicyclic) bond motifs is 3. The number of carbonyl (C=O) groups is 1. The van der Waals surface area contributed by atoms with Crippen LogP contribution < -0.4 is 10.6 Å². The molecule has 0 spiro atoms. The molecule has 3 N–H and O–H groups in total. The van der Waals surface area contributed by atoms with Gasteiger partial charge in [0.05, 0.1) is 18.2 Å². The minimum atomic E-state index is -1.06. The second kappa shape index (κ2) is 9.99. The lowest BCUT2D eigenvalue weighted by Crippen LogP contribution is -2.48. The minimum absolute atomic E-state index is 0.0452. The molecule has 1 aliphatic carbocycles. The Labute approximate surface area is 196 Å². The molecule has 0 saturated carbocycles. The van der Waals surface area contributed by atoms with Gasteiger partial charge in [-0.25, -0.2) is 13.2 Å². The first-order valence-electron chi connectivity index (χ1n) is 11.3. The van der Waals surface area contributed by atoms with E-state index >= 15 is 0 Å². The van der Waals surface area contributed by atoms with E-state index in [0.717, 1.165) is 34.7 Å². The number of nitrogens with one attached hydrogen (secondary N) is 2. The molecule has 3 aromatic carbocycles. The van der Waals surface area contributed by atoms with Crippen molar-refractivity contribution in [1.29, 1.82) is 0 Å². The van der Waals surface area contributed by atoms with Crippen LogP contribution >= 0.6 is 0 Å². The predicted octanol–water partition coefficient (Wildman–Crippen LogP) is 4.43. The molecule has 1 aliphatic rings. The number of benzene rings is 3. The van der Waals surface area contributed by atoms with Gasteiger partial charge in [0.15, 0.2) is 0 Å². The molecule has 0 fully saturated rings. The molecule has 4 nitrogen and oxygen atoms in total. The Balaban J connectivity index is 1.57. The van der Waals surface area contributed by atoms with Crippen molar-refractivity contribution in [3.05, 3.63) is 94.3 Å². The van der Waals surface area contributed by atoms with Crippen molar-refractivity contribution in [2.24, 2.45) is 0 Å². The largest absolute Gasteiger partial charge is 0.390 e. The molecule has 178 valence electrons. The van der Waals surface area contributed by atoms with Gasteiger partial charge in [0.25, 0.3) is 0 Å². The Hall–Kier alpha value is -3.16. The monoisotopic (exact) mass is 468 g/mol. The van der Waals surface area contributed by atoms with Crippen LogP contribution in [0.1, 0.15) is 42.1 Å². The van der Waals surface area contributed by atoms with Crippen molar-refractivity contribution >= 4 is 5.91 Å². The van der Waals surface area contributed by atoms with E-state index in [1.54, 1.807) is 6.07 Å². The summed E-state index contributed by atoms with van der Waals surface area (Å²) in [4.78, 5) is 11.7. The van der Waals surface area contributed by atoms with Gasteiger partial charge in [-0.3, -0.25) is 4.79 Å². The maximum atomic E-state index is 14.7. The van der Waals surface area contributed by atoms with Crippen LogP contribution in [0.3, 0.4) is 0 Å². The summed E-state index contributed by atoms with van der Waals surface area (Å²) in [7, 11) is 0. The zero-order valence-corrected chi connectivity index (χ0v) is 19.0. The van der Waals surface area contributed by atoms with Gasteiger partial charge in [-0.15, -0.1) is 0 Å². The second-order valence-electron chi connectivity index (χ2n) is 8.68. The summed E-state index contributed by atoms with van der Waals surface area (Å²) >= 11 is 0. The Kier molecular flexibility index (Phi) is 7.05. The first kappa shape index (κ1) is 24.0. The average Bonchev–Trinajstić information content (AvgIpc) is 3.09. The summed E-state index contributed by atoms with van der Waals surface area (Å²) in [6, 6.07) is 12.9. The highest BCUT2D eigenvalue weighted by Gasteiger charge is 2.32. The molecule has 0 bridgehead atoms. The molecule has 0 radical (unpaired) electrons.